The lowest BCUT2D eigenvalue weighted by Gasteiger charge is -2.20. The Hall–Kier alpha value is -1.74. The summed E-state index contributed by atoms with van der Waals surface area (Å²) in [6.07, 6.45) is 0.0223. The third-order valence-corrected chi connectivity index (χ3v) is 2.97. The van der Waals surface area contributed by atoms with E-state index >= 15 is 0 Å². The van der Waals surface area contributed by atoms with E-state index in [0.717, 1.165) is 10.2 Å². The zero-order chi connectivity index (χ0) is 15.9. The molecule has 5 nitrogen and oxygen atoms in total. The summed E-state index contributed by atoms with van der Waals surface area (Å²) in [4.78, 5) is 11.5. The second-order valence-corrected chi connectivity index (χ2v) is 6.47. The van der Waals surface area contributed by atoms with Crippen molar-refractivity contribution >= 4 is 27.7 Å². The van der Waals surface area contributed by atoms with Crippen LogP contribution in [0.2, 0.25) is 0 Å². The summed E-state index contributed by atoms with van der Waals surface area (Å²) in [6, 6.07) is 9.36. The van der Waals surface area contributed by atoms with Crippen molar-refractivity contribution in [2.45, 2.75) is 38.8 Å². The Morgan fingerprint density at radius 2 is 2.00 bits per heavy atom. The highest BCUT2D eigenvalue weighted by molar-refractivity contribution is 9.10. The van der Waals surface area contributed by atoms with Crippen LogP contribution in [0.5, 0.6) is 0 Å². The summed E-state index contributed by atoms with van der Waals surface area (Å²) in [5.41, 5.74) is 0.344. The van der Waals surface area contributed by atoms with Crippen molar-refractivity contribution in [2.75, 3.05) is 11.9 Å². The molecule has 1 amide bonds. The molecule has 1 rings (SSSR count). The molecular formula is C15H20BrN3O2. The van der Waals surface area contributed by atoms with Gasteiger partial charge in [-0.3, -0.25) is 0 Å². The minimum absolute atomic E-state index is 0.372. The first-order valence-electron chi connectivity index (χ1n) is 6.69. The van der Waals surface area contributed by atoms with Gasteiger partial charge in [0.2, 0.25) is 0 Å². The normalized spacial score (nSPS) is 12.1. The van der Waals surface area contributed by atoms with Gasteiger partial charge in [0, 0.05) is 16.7 Å². The third-order valence-electron chi connectivity index (χ3n) is 2.44. The molecule has 0 heterocycles. The number of nitrogens with zero attached hydrogens (tertiary/aromatic N) is 1. The smallest absolute Gasteiger partial charge is 0.407 e. The average molecular weight is 354 g/mol. The Morgan fingerprint density at radius 1 is 1.38 bits per heavy atom. The predicted molar refractivity (Wildman–Crippen MR) is 86.0 cm³/mol. The van der Waals surface area contributed by atoms with Gasteiger partial charge in [0.25, 0.3) is 0 Å². The molecule has 0 aromatic heterocycles. The number of benzene rings is 1. The minimum Gasteiger partial charge on any atom is -0.444 e. The zero-order valence-electron chi connectivity index (χ0n) is 12.4. The number of hydrogen-bond acceptors (Lipinski definition) is 4. The van der Waals surface area contributed by atoms with E-state index in [4.69, 9.17) is 10.00 Å². The van der Waals surface area contributed by atoms with E-state index in [-0.39, 0.29) is 6.04 Å². The lowest BCUT2D eigenvalue weighted by Crippen LogP contribution is -2.34. The van der Waals surface area contributed by atoms with Crippen molar-refractivity contribution in [2.24, 2.45) is 0 Å². The number of hydrogen-bond donors (Lipinski definition) is 2. The summed E-state index contributed by atoms with van der Waals surface area (Å²) in [5.74, 6) is 0. The molecule has 114 valence electrons. The molecule has 0 fully saturated rings. The number of ether oxygens (including phenoxy) is 1. The molecule has 0 saturated heterocycles. The van der Waals surface area contributed by atoms with Gasteiger partial charge in [0.1, 0.15) is 11.6 Å². The fraction of sp³-hybridized carbons (Fsp3) is 0.467. The van der Waals surface area contributed by atoms with Gasteiger partial charge in [-0.15, -0.1) is 0 Å². The summed E-state index contributed by atoms with van der Waals surface area (Å²) >= 11 is 3.36. The lowest BCUT2D eigenvalue weighted by molar-refractivity contribution is 0.0527. The maximum Gasteiger partial charge on any atom is 0.407 e. The van der Waals surface area contributed by atoms with Gasteiger partial charge in [-0.2, -0.15) is 5.26 Å². The Labute approximate surface area is 133 Å². The predicted octanol–water partition coefficient (Wildman–Crippen LogP) is 3.67. The van der Waals surface area contributed by atoms with E-state index in [2.05, 4.69) is 32.6 Å². The van der Waals surface area contributed by atoms with Gasteiger partial charge in [-0.25, -0.2) is 4.79 Å². The molecule has 0 aliphatic carbocycles. The van der Waals surface area contributed by atoms with Crippen LogP contribution in [0.15, 0.2) is 28.7 Å². The number of halogens is 1. The molecule has 0 aliphatic heterocycles. The number of rotatable bonds is 5. The van der Waals surface area contributed by atoms with Crippen LogP contribution in [0.25, 0.3) is 0 Å². The summed E-state index contributed by atoms with van der Waals surface area (Å²) in [5, 5.41) is 14.9. The van der Waals surface area contributed by atoms with Crippen molar-refractivity contribution in [3.8, 4) is 6.07 Å². The fourth-order valence-electron chi connectivity index (χ4n) is 1.55. The first kappa shape index (κ1) is 17.3. The number of carbonyl (C=O) groups is 1. The topological polar surface area (TPSA) is 74.1 Å². The summed E-state index contributed by atoms with van der Waals surface area (Å²) < 4.78 is 6.11. The van der Waals surface area contributed by atoms with Crippen LogP contribution in [0.4, 0.5) is 10.5 Å². The van der Waals surface area contributed by atoms with Gasteiger partial charge < -0.3 is 15.4 Å². The highest BCUT2D eigenvalue weighted by atomic mass is 79.9. The molecule has 6 heteroatoms. The second-order valence-electron chi connectivity index (χ2n) is 5.55. The van der Waals surface area contributed by atoms with Gasteiger partial charge in [0.15, 0.2) is 0 Å². The van der Waals surface area contributed by atoms with Gasteiger partial charge in [-0.05, 0) is 51.5 Å². The molecule has 1 aromatic rings. The molecule has 1 unspecified atom stereocenters. The van der Waals surface area contributed by atoms with Crippen LogP contribution in [-0.4, -0.2) is 24.3 Å². The maximum absolute atomic E-state index is 11.5. The Balaban J connectivity index is 2.37. The van der Waals surface area contributed by atoms with Crippen molar-refractivity contribution in [3.63, 3.8) is 0 Å². The molecule has 0 saturated carbocycles. The van der Waals surface area contributed by atoms with Crippen LogP contribution in [0, 0.1) is 11.3 Å². The van der Waals surface area contributed by atoms with Crippen molar-refractivity contribution in [3.05, 3.63) is 28.7 Å². The van der Waals surface area contributed by atoms with E-state index in [1.54, 1.807) is 20.8 Å². The first-order valence-corrected chi connectivity index (χ1v) is 7.48. The van der Waals surface area contributed by atoms with Crippen molar-refractivity contribution in [1.29, 1.82) is 5.26 Å². The molecule has 1 atom stereocenters. The maximum atomic E-state index is 11.5. The fourth-order valence-corrected chi connectivity index (χ4v) is 1.81. The zero-order valence-corrected chi connectivity index (χ0v) is 14.0. The number of alkyl carbamates (subject to hydrolysis) is 1. The summed E-state index contributed by atoms with van der Waals surface area (Å²) in [6.45, 7) is 5.79. The molecule has 0 radical (unpaired) electrons. The Morgan fingerprint density at radius 3 is 2.52 bits per heavy atom. The number of nitriles is 1. The van der Waals surface area contributed by atoms with E-state index in [1.165, 1.54) is 0 Å². The number of anilines is 1. The van der Waals surface area contributed by atoms with Gasteiger partial charge >= 0.3 is 6.09 Å². The quantitative estimate of drug-likeness (QED) is 0.846. The number of carbonyl (C=O) groups excluding carboxylic acids is 1. The molecule has 0 spiro atoms. The van der Waals surface area contributed by atoms with E-state index in [0.29, 0.717) is 13.0 Å². The van der Waals surface area contributed by atoms with Gasteiger partial charge in [-0.1, -0.05) is 15.9 Å². The van der Waals surface area contributed by atoms with Crippen LogP contribution in [0.1, 0.15) is 27.2 Å². The lowest BCUT2D eigenvalue weighted by atomic mass is 10.2. The van der Waals surface area contributed by atoms with E-state index < -0.39 is 11.7 Å². The molecular weight excluding hydrogens is 334 g/mol. The van der Waals surface area contributed by atoms with Crippen molar-refractivity contribution in [1.82, 2.24) is 5.32 Å². The average Bonchev–Trinajstić information content (AvgIpc) is 2.38. The van der Waals surface area contributed by atoms with Crippen LogP contribution >= 0.6 is 15.9 Å². The van der Waals surface area contributed by atoms with Crippen LogP contribution in [0.3, 0.4) is 0 Å². The van der Waals surface area contributed by atoms with Gasteiger partial charge in [0.05, 0.1) is 6.07 Å². The number of nitrogens with one attached hydrogen (secondary N) is 2. The highest BCUT2D eigenvalue weighted by Crippen LogP contribution is 2.15. The highest BCUT2D eigenvalue weighted by Gasteiger charge is 2.16. The third kappa shape index (κ3) is 7.57. The van der Waals surface area contributed by atoms with E-state index in [9.17, 15) is 4.79 Å². The minimum atomic E-state index is -0.519. The van der Waals surface area contributed by atoms with E-state index in [1.807, 2.05) is 24.3 Å². The standard InChI is InChI=1S/C15H20BrN3O2/c1-15(2,3)21-14(20)18-9-8-13(10-17)19-12-6-4-11(16)5-7-12/h4-7,13,19H,8-9H2,1-3H3,(H,18,20). The molecule has 21 heavy (non-hydrogen) atoms. The molecule has 0 aliphatic rings. The van der Waals surface area contributed by atoms with Crippen LogP contribution < -0.4 is 10.6 Å². The molecule has 0 bridgehead atoms. The molecule has 1 aromatic carbocycles. The number of amides is 1. The Kier molecular flexibility index (Phi) is 6.50. The SMILES string of the molecule is CC(C)(C)OC(=O)NCCC(C#N)Nc1ccc(Br)cc1. The van der Waals surface area contributed by atoms with Crippen LogP contribution in [-0.2, 0) is 4.74 Å². The molecule has 2 N–H and O–H groups in total. The van der Waals surface area contributed by atoms with Crippen molar-refractivity contribution < 1.29 is 9.53 Å². The summed E-state index contributed by atoms with van der Waals surface area (Å²) in [7, 11) is 0. The Bertz CT molecular complexity index is 503. The largest absolute Gasteiger partial charge is 0.444 e. The monoisotopic (exact) mass is 353 g/mol. The first-order chi connectivity index (χ1) is 9.80. The second kappa shape index (κ2) is 7.89.